The molecule has 0 radical (unpaired) electrons. The third kappa shape index (κ3) is 4.05. The number of aromatic nitrogens is 1. The maximum absolute atomic E-state index is 12.3. The van der Waals surface area contributed by atoms with E-state index >= 15 is 0 Å². The summed E-state index contributed by atoms with van der Waals surface area (Å²) in [7, 11) is 0. The summed E-state index contributed by atoms with van der Waals surface area (Å²) in [6.07, 6.45) is 2.47. The third-order valence-electron chi connectivity index (χ3n) is 5.17. The molecule has 136 valence electrons. The number of carbonyl (C=O) groups is 1. The minimum atomic E-state index is -0.299. The fourth-order valence-electron chi connectivity index (χ4n) is 3.83. The van der Waals surface area contributed by atoms with E-state index in [1.165, 1.54) is 22.2 Å². The van der Waals surface area contributed by atoms with Gasteiger partial charge in [-0.3, -0.25) is 9.69 Å². The zero-order valence-corrected chi connectivity index (χ0v) is 15.5. The minimum Gasteiger partial charge on any atom is -0.392 e. The number of piperidine rings is 1. The van der Waals surface area contributed by atoms with Gasteiger partial charge in [-0.25, -0.2) is 0 Å². The van der Waals surface area contributed by atoms with Crippen molar-refractivity contribution in [1.29, 1.82) is 0 Å². The molecule has 1 aromatic heterocycles. The van der Waals surface area contributed by atoms with Crippen LogP contribution in [0.25, 0.3) is 10.9 Å². The molecular formula is C20H29N3O2. The Hall–Kier alpha value is -1.85. The van der Waals surface area contributed by atoms with E-state index in [1.807, 2.05) is 4.90 Å². The standard InChI is InChI=1S/C20H29N3O2/c1-4-18-14(3)17-9-13(2)8-15(20(17)22-18)10-21-19(25)12-23-7-5-6-16(24)11-23/h8-9,16,22,24H,4-7,10-12H2,1-3H3,(H,21,25). The smallest absolute Gasteiger partial charge is 0.234 e. The molecule has 1 atom stereocenters. The Morgan fingerprint density at radius 3 is 2.92 bits per heavy atom. The summed E-state index contributed by atoms with van der Waals surface area (Å²) in [6.45, 7) is 8.76. The van der Waals surface area contributed by atoms with E-state index in [9.17, 15) is 9.90 Å². The number of fused-ring (bicyclic) bond motifs is 1. The van der Waals surface area contributed by atoms with Crippen molar-refractivity contribution in [2.75, 3.05) is 19.6 Å². The molecule has 2 aromatic rings. The van der Waals surface area contributed by atoms with Crippen LogP contribution in [0.1, 0.15) is 42.1 Å². The van der Waals surface area contributed by atoms with Gasteiger partial charge in [-0.05, 0) is 56.8 Å². The Labute approximate surface area is 149 Å². The quantitative estimate of drug-likeness (QED) is 0.781. The molecule has 0 aliphatic carbocycles. The number of benzene rings is 1. The number of β-amino-alcohol motifs (C(OH)–C–C–N with tert-alkyl or cyclic N) is 1. The van der Waals surface area contributed by atoms with Gasteiger partial charge in [0.2, 0.25) is 5.91 Å². The van der Waals surface area contributed by atoms with Gasteiger partial charge in [0.15, 0.2) is 0 Å². The molecule has 1 amide bonds. The monoisotopic (exact) mass is 343 g/mol. The molecule has 1 aromatic carbocycles. The molecule has 1 aliphatic heterocycles. The SMILES string of the molecule is CCc1[nH]c2c(CNC(=O)CN3CCCC(O)C3)cc(C)cc2c1C. The van der Waals surface area contributed by atoms with E-state index in [-0.39, 0.29) is 12.0 Å². The number of aliphatic hydroxyl groups excluding tert-OH is 1. The lowest BCUT2D eigenvalue weighted by atomic mass is 10.0. The van der Waals surface area contributed by atoms with Crippen molar-refractivity contribution in [3.8, 4) is 0 Å². The zero-order valence-electron chi connectivity index (χ0n) is 15.5. The summed E-state index contributed by atoms with van der Waals surface area (Å²) >= 11 is 0. The minimum absolute atomic E-state index is 0.0164. The van der Waals surface area contributed by atoms with Crippen molar-refractivity contribution in [3.63, 3.8) is 0 Å². The van der Waals surface area contributed by atoms with E-state index in [0.717, 1.165) is 36.9 Å². The summed E-state index contributed by atoms with van der Waals surface area (Å²) in [4.78, 5) is 17.9. The number of aryl methyl sites for hydroxylation is 3. The fourth-order valence-corrected chi connectivity index (χ4v) is 3.83. The topological polar surface area (TPSA) is 68.4 Å². The Morgan fingerprint density at radius 2 is 2.20 bits per heavy atom. The van der Waals surface area contributed by atoms with Crippen LogP contribution in [0, 0.1) is 13.8 Å². The number of aliphatic hydroxyl groups is 1. The summed E-state index contributed by atoms with van der Waals surface area (Å²) < 4.78 is 0. The first-order chi connectivity index (χ1) is 12.0. The highest BCUT2D eigenvalue weighted by molar-refractivity contribution is 5.88. The Balaban J connectivity index is 1.69. The van der Waals surface area contributed by atoms with E-state index in [2.05, 4.69) is 43.2 Å². The average Bonchev–Trinajstić information content (AvgIpc) is 2.89. The molecule has 5 nitrogen and oxygen atoms in total. The second-order valence-electron chi connectivity index (χ2n) is 7.24. The van der Waals surface area contributed by atoms with Gasteiger partial charge in [0.1, 0.15) is 0 Å². The normalized spacial score (nSPS) is 18.6. The molecule has 1 unspecified atom stereocenters. The predicted molar refractivity (Wildman–Crippen MR) is 101 cm³/mol. The maximum Gasteiger partial charge on any atom is 0.234 e. The molecule has 3 rings (SSSR count). The van der Waals surface area contributed by atoms with E-state index in [4.69, 9.17) is 0 Å². The van der Waals surface area contributed by atoms with Crippen molar-refractivity contribution in [3.05, 3.63) is 34.5 Å². The van der Waals surface area contributed by atoms with Crippen LogP contribution in [-0.2, 0) is 17.8 Å². The Bertz CT molecular complexity index is 766. The van der Waals surface area contributed by atoms with E-state index in [0.29, 0.717) is 19.6 Å². The van der Waals surface area contributed by atoms with Gasteiger partial charge in [-0.1, -0.05) is 18.6 Å². The van der Waals surface area contributed by atoms with E-state index in [1.54, 1.807) is 0 Å². The summed E-state index contributed by atoms with van der Waals surface area (Å²) in [5.74, 6) is 0.0164. The molecule has 1 fully saturated rings. The number of likely N-dealkylation sites (tertiary alicyclic amines) is 1. The summed E-state index contributed by atoms with van der Waals surface area (Å²) in [6, 6.07) is 4.35. The number of aromatic amines is 1. The highest BCUT2D eigenvalue weighted by Crippen LogP contribution is 2.26. The molecule has 1 saturated heterocycles. The predicted octanol–water partition coefficient (Wildman–Crippen LogP) is 2.42. The van der Waals surface area contributed by atoms with Crippen molar-refractivity contribution in [2.45, 2.75) is 52.7 Å². The highest BCUT2D eigenvalue weighted by Gasteiger charge is 2.19. The van der Waals surface area contributed by atoms with Crippen molar-refractivity contribution in [1.82, 2.24) is 15.2 Å². The number of nitrogens with one attached hydrogen (secondary N) is 2. The molecule has 25 heavy (non-hydrogen) atoms. The van der Waals surface area contributed by atoms with Gasteiger partial charge in [-0.2, -0.15) is 0 Å². The first-order valence-electron chi connectivity index (χ1n) is 9.25. The van der Waals surface area contributed by atoms with Crippen LogP contribution < -0.4 is 5.32 Å². The third-order valence-corrected chi connectivity index (χ3v) is 5.17. The molecule has 0 saturated carbocycles. The van der Waals surface area contributed by atoms with Crippen LogP contribution in [-0.4, -0.2) is 46.6 Å². The molecule has 0 bridgehead atoms. The first-order valence-corrected chi connectivity index (χ1v) is 9.25. The molecular weight excluding hydrogens is 314 g/mol. The molecule has 5 heteroatoms. The maximum atomic E-state index is 12.3. The Morgan fingerprint density at radius 1 is 1.40 bits per heavy atom. The lowest BCUT2D eigenvalue weighted by molar-refractivity contribution is -0.123. The fraction of sp³-hybridized carbons (Fsp3) is 0.550. The zero-order chi connectivity index (χ0) is 18.0. The number of rotatable bonds is 5. The molecule has 1 aliphatic rings. The van der Waals surface area contributed by atoms with Crippen LogP contribution in [0.3, 0.4) is 0 Å². The van der Waals surface area contributed by atoms with Gasteiger partial charge in [-0.15, -0.1) is 0 Å². The van der Waals surface area contributed by atoms with Crippen LogP contribution in [0.15, 0.2) is 12.1 Å². The summed E-state index contributed by atoms with van der Waals surface area (Å²) in [5.41, 5.74) is 6.03. The van der Waals surface area contributed by atoms with Crippen molar-refractivity contribution < 1.29 is 9.90 Å². The molecule has 2 heterocycles. The number of hydrogen-bond acceptors (Lipinski definition) is 3. The van der Waals surface area contributed by atoms with Crippen molar-refractivity contribution in [2.24, 2.45) is 0 Å². The van der Waals surface area contributed by atoms with Gasteiger partial charge in [0.05, 0.1) is 18.2 Å². The molecule has 0 spiro atoms. The number of hydrogen-bond donors (Lipinski definition) is 3. The van der Waals surface area contributed by atoms with Crippen LogP contribution >= 0.6 is 0 Å². The lowest BCUT2D eigenvalue weighted by Gasteiger charge is -2.29. The van der Waals surface area contributed by atoms with Gasteiger partial charge < -0.3 is 15.4 Å². The summed E-state index contributed by atoms with van der Waals surface area (Å²) in [5, 5.41) is 14.0. The Kier molecular flexibility index (Phi) is 5.45. The number of carbonyl (C=O) groups excluding carboxylic acids is 1. The number of amides is 1. The first kappa shape index (κ1) is 18.0. The average molecular weight is 343 g/mol. The lowest BCUT2D eigenvalue weighted by Crippen LogP contribution is -2.44. The van der Waals surface area contributed by atoms with Crippen LogP contribution in [0.5, 0.6) is 0 Å². The second-order valence-corrected chi connectivity index (χ2v) is 7.24. The largest absolute Gasteiger partial charge is 0.392 e. The molecule has 3 N–H and O–H groups in total. The van der Waals surface area contributed by atoms with Crippen LogP contribution in [0.4, 0.5) is 0 Å². The number of H-pyrrole nitrogens is 1. The van der Waals surface area contributed by atoms with Crippen molar-refractivity contribution >= 4 is 16.8 Å². The van der Waals surface area contributed by atoms with Gasteiger partial charge in [0.25, 0.3) is 0 Å². The highest BCUT2D eigenvalue weighted by atomic mass is 16.3. The van der Waals surface area contributed by atoms with Gasteiger partial charge >= 0.3 is 0 Å². The van der Waals surface area contributed by atoms with Gasteiger partial charge in [0, 0.05) is 24.2 Å². The van der Waals surface area contributed by atoms with E-state index < -0.39 is 0 Å². The van der Waals surface area contributed by atoms with Crippen LogP contribution in [0.2, 0.25) is 0 Å². The number of nitrogens with zero attached hydrogens (tertiary/aromatic N) is 1. The second kappa shape index (κ2) is 7.58.